The van der Waals surface area contributed by atoms with Crippen molar-refractivity contribution in [2.45, 2.75) is 19.6 Å². The molecule has 0 aromatic heterocycles. The Morgan fingerprint density at radius 1 is 1.60 bits per heavy atom. The largest absolute Gasteiger partial charge is 0.495 e. The van der Waals surface area contributed by atoms with Crippen LogP contribution in [0.15, 0.2) is 12.0 Å². The van der Waals surface area contributed by atoms with Gasteiger partial charge in [0.1, 0.15) is 12.9 Å². The van der Waals surface area contributed by atoms with Crippen LogP contribution in [0.5, 0.6) is 0 Å². The minimum Gasteiger partial charge on any atom is -0.495 e. The molecule has 0 amide bonds. The Bertz CT molecular complexity index is 149. The number of hydrogen-bond donors (Lipinski definition) is 0. The fourth-order valence-electron chi connectivity index (χ4n) is 0.628. The summed E-state index contributed by atoms with van der Waals surface area (Å²) in [6.45, 7) is 4.20. The number of ether oxygens (including phenoxy) is 3. The molecule has 0 radical (unpaired) electrons. The molecule has 0 saturated heterocycles. The third-order valence-electron chi connectivity index (χ3n) is 1.30. The van der Waals surface area contributed by atoms with Crippen LogP contribution < -0.4 is 0 Å². The first-order chi connectivity index (χ1) is 4.64. The van der Waals surface area contributed by atoms with E-state index in [-0.39, 0.29) is 0 Å². The van der Waals surface area contributed by atoms with Gasteiger partial charge < -0.3 is 14.2 Å². The number of rotatable bonds is 1. The molecular weight excluding hydrogens is 132 g/mol. The SMILES string of the molecule is COC1=COC(C)(C)OC1. The Morgan fingerprint density at radius 2 is 2.30 bits per heavy atom. The van der Waals surface area contributed by atoms with Gasteiger partial charge in [-0.2, -0.15) is 0 Å². The third kappa shape index (κ3) is 1.64. The van der Waals surface area contributed by atoms with Crippen molar-refractivity contribution < 1.29 is 14.2 Å². The topological polar surface area (TPSA) is 27.7 Å². The Labute approximate surface area is 60.6 Å². The van der Waals surface area contributed by atoms with Crippen molar-refractivity contribution in [2.75, 3.05) is 13.7 Å². The van der Waals surface area contributed by atoms with Gasteiger partial charge in [-0.3, -0.25) is 0 Å². The average molecular weight is 144 g/mol. The maximum absolute atomic E-state index is 5.25. The van der Waals surface area contributed by atoms with E-state index in [1.807, 2.05) is 13.8 Å². The fraction of sp³-hybridized carbons (Fsp3) is 0.714. The molecule has 0 aliphatic carbocycles. The molecule has 10 heavy (non-hydrogen) atoms. The highest BCUT2D eigenvalue weighted by Crippen LogP contribution is 2.19. The van der Waals surface area contributed by atoms with Crippen LogP contribution in [0.3, 0.4) is 0 Å². The molecule has 1 rings (SSSR count). The highest BCUT2D eigenvalue weighted by Gasteiger charge is 2.23. The molecule has 0 N–H and O–H groups in total. The van der Waals surface area contributed by atoms with Crippen LogP contribution in [0.25, 0.3) is 0 Å². The molecule has 1 heterocycles. The van der Waals surface area contributed by atoms with Gasteiger partial charge in [-0.1, -0.05) is 0 Å². The molecule has 58 valence electrons. The smallest absolute Gasteiger partial charge is 0.204 e. The van der Waals surface area contributed by atoms with Gasteiger partial charge in [-0.15, -0.1) is 0 Å². The van der Waals surface area contributed by atoms with Gasteiger partial charge in [0.2, 0.25) is 5.79 Å². The summed E-state index contributed by atoms with van der Waals surface area (Å²) < 4.78 is 15.3. The zero-order valence-corrected chi connectivity index (χ0v) is 6.51. The second-order valence-electron chi connectivity index (χ2n) is 2.59. The molecule has 0 bridgehead atoms. The highest BCUT2D eigenvalue weighted by atomic mass is 16.7. The molecule has 0 aromatic carbocycles. The molecule has 0 saturated carbocycles. The van der Waals surface area contributed by atoms with Crippen LogP contribution in [-0.4, -0.2) is 19.5 Å². The van der Waals surface area contributed by atoms with E-state index in [0.717, 1.165) is 5.76 Å². The summed E-state index contributed by atoms with van der Waals surface area (Å²) in [4.78, 5) is 0. The van der Waals surface area contributed by atoms with Gasteiger partial charge >= 0.3 is 0 Å². The van der Waals surface area contributed by atoms with Crippen LogP contribution >= 0.6 is 0 Å². The molecule has 0 aromatic rings. The van der Waals surface area contributed by atoms with Crippen molar-refractivity contribution in [3.05, 3.63) is 12.0 Å². The van der Waals surface area contributed by atoms with E-state index in [2.05, 4.69) is 0 Å². The summed E-state index contributed by atoms with van der Waals surface area (Å²) >= 11 is 0. The predicted octanol–water partition coefficient (Wildman–Crippen LogP) is 1.26. The summed E-state index contributed by atoms with van der Waals surface area (Å²) in [5.74, 6) is 0.224. The zero-order chi connectivity index (χ0) is 7.61. The Morgan fingerprint density at radius 3 is 2.70 bits per heavy atom. The summed E-state index contributed by atoms with van der Waals surface area (Å²) in [7, 11) is 1.59. The first-order valence-electron chi connectivity index (χ1n) is 3.19. The first kappa shape index (κ1) is 7.41. The molecule has 0 atom stereocenters. The molecule has 1 aliphatic heterocycles. The van der Waals surface area contributed by atoms with Crippen molar-refractivity contribution in [1.82, 2.24) is 0 Å². The summed E-state index contributed by atoms with van der Waals surface area (Å²) in [6.07, 6.45) is 1.59. The lowest BCUT2D eigenvalue weighted by molar-refractivity contribution is -0.198. The highest BCUT2D eigenvalue weighted by molar-refractivity contribution is 4.91. The van der Waals surface area contributed by atoms with E-state index in [1.165, 1.54) is 0 Å². The minimum atomic E-state index is -0.498. The molecular formula is C7H12O3. The van der Waals surface area contributed by atoms with Crippen LogP contribution in [0.4, 0.5) is 0 Å². The van der Waals surface area contributed by atoms with E-state index in [1.54, 1.807) is 13.4 Å². The van der Waals surface area contributed by atoms with Crippen LogP contribution in [-0.2, 0) is 14.2 Å². The second-order valence-corrected chi connectivity index (χ2v) is 2.59. The van der Waals surface area contributed by atoms with Crippen molar-refractivity contribution >= 4 is 0 Å². The molecule has 3 heteroatoms. The number of methoxy groups -OCH3 is 1. The molecule has 0 unspecified atom stereocenters. The quantitative estimate of drug-likeness (QED) is 0.554. The maximum atomic E-state index is 5.25. The number of hydrogen-bond acceptors (Lipinski definition) is 3. The van der Waals surface area contributed by atoms with Crippen molar-refractivity contribution in [3.8, 4) is 0 Å². The standard InChI is InChI=1S/C7H12O3/c1-7(2)9-4-6(8-3)5-10-7/h4H,5H2,1-3H3. The summed E-state index contributed by atoms with van der Waals surface area (Å²) in [6, 6.07) is 0. The monoisotopic (exact) mass is 144 g/mol. The van der Waals surface area contributed by atoms with E-state index in [4.69, 9.17) is 14.2 Å². The molecule has 0 fully saturated rings. The molecule has 3 nitrogen and oxygen atoms in total. The second kappa shape index (κ2) is 2.50. The Kier molecular flexibility index (Phi) is 1.85. The summed E-state index contributed by atoms with van der Waals surface area (Å²) in [5.41, 5.74) is 0. The van der Waals surface area contributed by atoms with Gasteiger partial charge in [-0.25, -0.2) is 0 Å². The van der Waals surface area contributed by atoms with E-state index in [0.29, 0.717) is 6.61 Å². The van der Waals surface area contributed by atoms with Gasteiger partial charge in [0.15, 0.2) is 5.76 Å². The van der Waals surface area contributed by atoms with Crippen LogP contribution in [0.1, 0.15) is 13.8 Å². The van der Waals surface area contributed by atoms with E-state index in [9.17, 15) is 0 Å². The zero-order valence-electron chi connectivity index (χ0n) is 6.51. The van der Waals surface area contributed by atoms with Crippen molar-refractivity contribution in [3.63, 3.8) is 0 Å². The lowest BCUT2D eigenvalue weighted by Gasteiger charge is -2.28. The van der Waals surface area contributed by atoms with Crippen molar-refractivity contribution in [1.29, 1.82) is 0 Å². The third-order valence-corrected chi connectivity index (χ3v) is 1.30. The first-order valence-corrected chi connectivity index (χ1v) is 3.19. The lowest BCUT2D eigenvalue weighted by Crippen LogP contribution is -2.31. The van der Waals surface area contributed by atoms with E-state index >= 15 is 0 Å². The van der Waals surface area contributed by atoms with Gasteiger partial charge in [-0.05, 0) is 0 Å². The van der Waals surface area contributed by atoms with Gasteiger partial charge in [0.25, 0.3) is 0 Å². The van der Waals surface area contributed by atoms with E-state index < -0.39 is 5.79 Å². The lowest BCUT2D eigenvalue weighted by atomic mass is 10.3. The minimum absolute atomic E-state index is 0.490. The molecule has 0 spiro atoms. The van der Waals surface area contributed by atoms with Crippen molar-refractivity contribution in [2.24, 2.45) is 0 Å². The van der Waals surface area contributed by atoms with Gasteiger partial charge in [0.05, 0.1) is 7.11 Å². The Balaban J connectivity index is 2.52. The Hall–Kier alpha value is -0.700. The molecule has 1 aliphatic rings. The van der Waals surface area contributed by atoms with Crippen LogP contribution in [0.2, 0.25) is 0 Å². The van der Waals surface area contributed by atoms with Gasteiger partial charge in [0, 0.05) is 13.8 Å². The summed E-state index contributed by atoms with van der Waals surface area (Å²) in [5, 5.41) is 0. The maximum Gasteiger partial charge on any atom is 0.204 e. The van der Waals surface area contributed by atoms with Crippen LogP contribution in [0, 0.1) is 0 Å². The predicted molar refractivity (Wildman–Crippen MR) is 36.2 cm³/mol. The normalized spacial score (nSPS) is 22.9. The fourth-order valence-corrected chi connectivity index (χ4v) is 0.628. The average Bonchev–Trinajstić information content (AvgIpc) is 1.88.